The predicted molar refractivity (Wildman–Crippen MR) is 135 cm³/mol. The van der Waals surface area contributed by atoms with E-state index in [2.05, 4.69) is 22.6 Å². The Labute approximate surface area is 206 Å². The standard InChI is InChI=1S/C27H35N5O3/c1-3-4-18-31(25(33)19-32-24-13-9-8-12-23(24)29-30-32)26(20-14-16-22(35-2)17-15-20)27(34)28-21-10-6-5-7-11-21/h8-9,12-17,21,26H,3-7,10-11,18-19H2,1-2H3,(H,28,34)/t26-/m0/s1. The quantitative estimate of drug-likeness (QED) is 0.471. The van der Waals surface area contributed by atoms with Crippen molar-refractivity contribution in [3.8, 4) is 5.75 Å². The molecule has 2 aromatic carbocycles. The Hall–Kier alpha value is -3.42. The van der Waals surface area contributed by atoms with Gasteiger partial charge in [0.2, 0.25) is 11.8 Å². The molecule has 0 unspecified atom stereocenters. The summed E-state index contributed by atoms with van der Waals surface area (Å²) in [4.78, 5) is 29.2. The van der Waals surface area contributed by atoms with Crippen molar-refractivity contribution in [2.24, 2.45) is 0 Å². The summed E-state index contributed by atoms with van der Waals surface area (Å²) in [6.07, 6.45) is 7.12. The van der Waals surface area contributed by atoms with E-state index in [0.717, 1.165) is 55.1 Å². The summed E-state index contributed by atoms with van der Waals surface area (Å²) in [6.45, 7) is 2.59. The SMILES string of the molecule is CCCCN(C(=O)Cn1nnc2ccccc21)[C@H](C(=O)NC1CCCCC1)c1ccc(OC)cc1. The molecular formula is C27H35N5O3. The van der Waals surface area contributed by atoms with Crippen LogP contribution < -0.4 is 10.1 Å². The van der Waals surface area contributed by atoms with E-state index >= 15 is 0 Å². The summed E-state index contributed by atoms with van der Waals surface area (Å²) in [5.41, 5.74) is 2.30. The lowest BCUT2D eigenvalue weighted by atomic mass is 9.94. The van der Waals surface area contributed by atoms with E-state index in [1.54, 1.807) is 16.7 Å². The van der Waals surface area contributed by atoms with Crippen LogP contribution >= 0.6 is 0 Å². The van der Waals surface area contributed by atoms with Crippen LogP contribution in [-0.2, 0) is 16.1 Å². The van der Waals surface area contributed by atoms with Gasteiger partial charge in [0, 0.05) is 12.6 Å². The predicted octanol–water partition coefficient (Wildman–Crippen LogP) is 4.26. The van der Waals surface area contributed by atoms with Crippen molar-refractivity contribution in [1.29, 1.82) is 0 Å². The van der Waals surface area contributed by atoms with E-state index in [4.69, 9.17) is 4.74 Å². The number of nitrogens with zero attached hydrogens (tertiary/aromatic N) is 4. The van der Waals surface area contributed by atoms with Crippen molar-refractivity contribution >= 4 is 22.8 Å². The zero-order valence-corrected chi connectivity index (χ0v) is 20.7. The van der Waals surface area contributed by atoms with Crippen LogP contribution in [0.4, 0.5) is 0 Å². The number of methoxy groups -OCH3 is 1. The number of hydrogen-bond donors (Lipinski definition) is 1. The van der Waals surface area contributed by atoms with Crippen molar-refractivity contribution in [2.45, 2.75) is 70.5 Å². The highest BCUT2D eigenvalue weighted by molar-refractivity contribution is 5.89. The lowest BCUT2D eigenvalue weighted by Gasteiger charge is -2.33. The van der Waals surface area contributed by atoms with Gasteiger partial charge in [-0.1, -0.05) is 62.1 Å². The van der Waals surface area contributed by atoms with E-state index in [0.29, 0.717) is 12.3 Å². The largest absolute Gasteiger partial charge is 0.497 e. The second-order valence-electron chi connectivity index (χ2n) is 9.20. The lowest BCUT2D eigenvalue weighted by Crippen LogP contribution is -2.48. The van der Waals surface area contributed by atoms with Crippen LogP contribution in [0.3, 0.4) is 0 Å². The van der Waals surface area contributed by atoms with Gasteiger partial charge in [-0.25, -0.2) is 4.68 Å². The van der Waals surface area contributed by atoms with E-state index < -0.39 is 6.04 Å². The van der Waals surface area contributed by atoms with Crippen LogP contribution in [0.5, 0.6) is 5.75 Å². The molecular weight excluding hydrogens is 442 g/mol. The fourth-order valence-electron chi connectivity index (χ4n) is 4.77. The van der Waals surface area contributed by atoms with Crippen LogP contribution in [-0.4, -0.2) is 51.4 Å². The molecule has 1 aliphatic rings. The van der Waals surface area contributed by atoms with Crippen LogP contribution in [0.15, 0.2) is 48.5 Å². The molecule has 1 N–H and O–H groups in total. The van der Waals surface area contributed by atoms with Crippen LogP contribution in [0.1, 0.15) is 63.5 Å². The van der Waals surface area contributed by atoms with Gasteiger partial charge in [0.05, 0.1) is 12.6 Å². The fourth-order valence-corrected chi connectivity index (χ4v) is 4.77. The van der Waals surface area contributed by atoms with Gasteiger partial charge in [-0.3, -0.25) is 9.59 Å². The number of rotatable bonds is 10. The van der Waals surface area contributed by atoms with Gasteiger partial charge in [-0.05, 0) is 49.1 Å². The Balaban J connectivity index is 1.64. The molecule has 1 heterocycles. The van der Waals surface area contributed by atoms with E-state index in [9.17, 15) is 9.59 Å². The fraction of sp³-hybridized carbons (Fsp3) is 0.481. The van der Waals surface area contributed by atoms with Crippen molar-refractivity contribution in [2.75, 3.05) is 13.7 Å². The summed E-state index contributed by atoms with van der Waals surface area (Å²) in [6, 6.07) is 14.4. The van der Waals surface area contributed by atoms with Gasteiger partial charge in [-0.2, -0.15) is 0 Å². The molecule has 8 nitrogen and oxygen atoms in total. The maximum absolute atomic E-state index is 13.7. The number of amides is 2. The molecule has 0 radical (unpaired) electrons. The molecule has 0 bridgehead atoms. The van der Waals surface area contributed by atoms with Crippen molar-refractivity contribution in [3.63, 3.8) is 0 Å². The number of carbonyl (C=O) groups is 2. The molecule has 35 heavy (non-hydrogen) atoms. The van der Waals surface area contributed by atoms with E-state index in [1.807, 2.05) is 48.5 Å². The first-order valence-corrected chi connectivity index (χ1v) is 12.6. The van der Waals surface area contributed by atoms with Crippen LogP contribution in [0.25, 0.3) is 11.0 Å². The molecule has 1 atom stereocenters. The molecule has 1 aliphatic carbocycles. The summed E-state index contributed by atoms with van der Waals surface area (Å²) in [7, 11) is 1.61. The Morgan fingerprint density at radius 2 is 1.86 bits per heavy atom. The van der Waals surface area contributed by atoms with E-state index in [1.165, 1.54) is 6.42 Å². The summed E-state index contributed by atoms with van der Waals surface area (Å²) in [5.74, 6) is 0.421. The first kappa shape index (κ1) is 24.7. The molecule has 0 aliphatic heterocycles. The minimum absolute atomic E-state index is 0.0214. The number of aromatic nitrogens is 3. The highest BCUT2D eigenvalue weighted by Crippen LogP contribution is 2.27. The maximum Gasteiger partial charge on any atom is 0.247 e. The number of para-hydroxylation sites is 1. The molecule has 3 aromatic rings. The Kier molecular flexibility index (Phi) is 8.34. The molecule has 2 amide bonds. The number of nitrogens with one attached hydrogen (secondary N) is 1. The minimum atomic E-state index is -0.725. The molecule has 1 saturated carbocycles. The van der Waals surface area contributed by atoms with Crippen molar-refractivity contribution in [3.05, 3.63) is 54.1 Å². The van der Waals surface area contributed by atoms with Crippen LogP contribution in [0.2, 0.25) is 0 Å². The van der Waals surface area contributed by atoms with Gasteiger partial charge >= 0.3 is 0 Å². The Morgan fingerprint density at radius 3 is 2.57 bits per heavy atom. The summed E-state index contributed by atoms with van der Waals surface area (Å²) < 4.78 is 6.93. The second-order valence-corrected chi connectivity index (χ2v) is 9.20. The lowest BCUT2D eigenvalue weighted by molar-refractivity contribution is -0.142. The number of unbranched alkanes of at least 4 members (excludes halogenated alkanes) is 1. The van der Waals surface area contributed by atoms with Gasteiger partial charge in [0.15, 0.2) is 0 Å². The monoisotopic (exact) mass is 477 g/mol. The number of benzene rings is 2. The van der Waals surface area contributed by atoms with Crippen molar-refractivity contribution in [1.82, 2.24) is 25.2 Å². The number of ether oxygens (including phenoxy) is 1. The Morgan fingerprint density at radius 1 is 1.11 bits per heavy atom. The highest BCUT2D eigenvalue weighted by atomic mass is 16.5. The zero-order valence-electron chi connectivity index (χ0n) is 20.7. The normalized spacial score (nSPS) is 15.0. The molecule has 1 fully saturated rings. The molecule has 186 valence electrons. The minimum Gasteiger partial charge on any atom is -0.497 e. The highest BCUT2D eigenvalue weighted by Gasteiger charge is 2.33. The van der Waals surface area contributed by atoms with Crippen LogP contribution in [0, 0.1) is 0 Å². The zero-order chi connectivity index (χ0) is 24.6. The average Bonchev–Trinajstić information content (AvgIpc) is 3.30. The number of hydrogen-bond acceptors (Lipinski definition) is 5. The molecule has 1 aromatic heterocycles. The van der Waals surface area contributed by atoms with Crippen molar-refractivity contribution < 1.29 is 14.3 Å². The molecule has 0 spiro atoms. The summed E-state index contributed by atoms with van der Waals surface area (Å²) in [5, 5.41) is 11.6. The number of fused-ring (bicyclic) bond motifs is 1. The second kappa shape index (κ2) is 11.8. The number of carbonyl (C=O) groups excluding carboxylic acids is 2. The smallest absolute Gasteiger partial charge is 0.247 e. The van der Waals surface area contributed by atoms with Gasteiger partial charge in [-0.15, -0.1) is 5.10 Å². The van der Waals surface area contributed by atoms with Gasteiger partial charge in [0.25, 0.3) is 0 Å². The third kappa shape index (κ3) is 5.99. The third-order valence-electron chi connectivity index (χ3n) is 6.72. The first-order valence-electron chi connectivity index (χ1n) is 12.6. The molecule has 8 heteroatoms. The third-order valence-corrected chi connectivity index (χ3v) is 6.72. The van der Waals surface area contributed by atoms with Gasteiger partial charge in [0.1, 0.15) is 23.9 Å². The average molecular weight is 478 g/mol. The summed E-state index contributed by atoms with van der Waals surface area (Å²) >= 11 is 0. The Bertz CT molecular complexity index is 1120. The van der Waals surface area contributed by atoms with Gasteiger partial charge < -0.3 is 15.0 Å². The molecule has 0 saturated heterocycles. The molecule has 4 rings (SSSR count). The topological polar surface area (TPSA) is 89.4 Å². The first-order chi connectivity index (χ1) is 17.1. The van der Waals surface area contributed by atoms with E-state index in [-0.39, 0.29) is 24.4 Å². The maximum atomic E-state index is 13.7.